The van der Waals surface area contributed by atoms with Crippen molar-refractivity contribution in [3.8, 4) is 0 Å². The Morgan fingerprint density at radius 1 is 1.15 bits per heavy atom. The average molecular weight is 480 g/mol. The van der Waals surface area contributed by atoms with E-state index in [0.717, 1.165) is 35.5 Å². The van der Waals surface area contributed by atoms with Gasteiger partial charge in [-0.15, -0.1) is 0 Å². The van der Waals surface area contributed by atoms with E-state index < -0.39 is 19.4 Å². The maximum absolute atomic E-state index is 15.4. The first-order chi connectivity index (χ1) is 15.7. The lowest BCUT2D eigenvalue weighted by Crippen LogP contribution is -2.44. The quantitative estimate of drug-likeness (QED) is 0.485. The largest absolute Gasteiger partial charge is 0.381 e. The zero-order valence-corrected chi connectivity index (χ0v) is 20.9. The smallest absolute Gasteiger partial charge is 0.177 e. The molecule has 2 aromatic rings. The van der Waals surface area contributed by atoms with Gasteiger partial charge in [-0.1, -0.05) is 19.6 Å². The minimum absolute atomic E-state index is 0.00623. The van der Waals surface area contributed by atoms with Crippen molar-refractivity contribution in [2.45, 2.75) is 62.5 Å². The van der Waals surface area contributed by atoms with Crippen LogP contribution in [0.3, 0.4) is 0 Å². The molecule has 0 aromatic carbocycles. The van der Waals surface area contributed by atoms with Crippen LogP contribution in [0.15, 0.2) is 12.5 Å². The van der Waals surface area contributed by atoms with E-state index in [1.54, 1.807) is 4.90 Å². The number of rotatable bonds is 7. The summed E-state index contributed by atoms with van der Waals surface area (Å²) in [6.45, 7) is 9.61. The molecule has 2 aromatic heterocycles. The Kier molecular flexibility index (Phi) is 5.99. The highest BCUT2D eigenvalue weighted by molar-refractivity contribution is 6.76. The number of ether oxygens (including phenoxy) is 2. The molecule has 3 fully saturated rings. The summed E-state index contributed by atoms with van der Waals surface area (Å²) in [6.07, 6.45) is 5.44. The van der Waals surface area contributed by atoms with E-state index >= 15 is 8.78 Å². The molecule has 0 unspecified atom stereocenters. The van der Waals surface area contributed by atoms with Gasteiger partial charge < -0.3 is 24.3 Å². The number of hydrogen-bond donors (Lipinski definition) is 1. The molecule has 5 rings (SSSR count). The Labute approximate surface area is 194 Å². The molecule has 0 amide bonds. The molecule has 0 radical (unpaired) electrons. The molecule has 3 saturated heterocycles. The minimum atomic E-state index is -1.90. The van der Waals surface area contributed by atoms with Crippen molar-refractivity contribution in [3.63, 3.8) is 0 Å². The molecule has 3 aliphatic heterocycles. The first-order valence-corrected chi connectivity index (χ1v) is 15.7. The van der Waals surface area contributed by atoms with Crippen LogP contribution >= 0.6 is 0 Å². The van der Waals surface area contributed by atoms with Crippen LogP contribution in [0, 0.1) is 0 Å². The summed E-state index contributed by atoms with van der Waals surface area (Å²) in [4.78, 5) is 10.9. The highest BCUT2D eigenvalue weighted by Gasteiger charge is 2.63. The molecule has 182 valence electrons. The van der Waals surface area contributed by atoms with Crippen LogP contribution in [-0.2, 0) is 16.2 Å². The lowest BCUT2D eigenvalue weighted by molar-refractivity contribution is 0.0491. The summed E-state index contributed by atoms with van der Waals surface area (Å²) in [7, 11) is -1.18. The van der Waals surface area contributed by atoms with E-state index in [2.05, 4.69) is 41.1 Å². The van der Waals surface area contributed by atoms with E-state index in [0.29, 0.717) is 38.3 Å². The molecule has 7 nitrogen and oxygen atoms in total. The highest BCUT2D eigenvalue weighted by Crippen LogP contribution is 2.45. The summed E-state index contributed by atoms with van der Waals surface area (Å²) in [5.74, 6) is 0.933. The van der Waals surface area contributed by atoms with Crippen LogP contribution in [0.4, 0.5) is 14.6 Å². The normalized spacial score (nSPS) is 28.7. The number of hydrogen-bond acceptors (Lipinski definition) is 6. The first kappa shape index (κ1) is 23.1. The Balaban J connectivity index is 1.49. The van der Waals surface area contributed by atoms with Crippen molar-refractivity contribution in [1.82, 2.24) is 19.9 Å². The summed E-state index contributed by atoms with van der Waals surface area (Å²) in [5, 5.41) is 3.78. The number of nitrogens with one attached hydrogen (secondary N) is 1. The molecule has 0 saturated carbocycles. The predicted molar refractivity (Wildman–Crippen MR) is 127 cm³/mol. The van der Waals surface area contributed by atoms with Gasteiger partial charge in [0.25, 0.3) is 0 Å². The second-order valence-corrected chi connectivity index (χ2v) is 16.7. The molecule has 33 heavy (non-hydrogen) atoms. The Morgan fingerprint density at radius 3 is 2.52 bits per heavy atom. The van der Waals surface area contributed by atoms with Crippen LogP contribution in [0.1, 0.15) is 24.3 Å². The van der Waals surface area contributed by atoms with Gasteiger partial charge in [0.15, 0.2) is 11.3 Å². The third-order valence-electron chi connectivity index (χ3n) is 7.35. The SMILES string of the molecule is C[Si](C)(C)CCOCn1cc(C2CCOCC2)c2c(N3C[C@]4(F)CNC[C@]4(F)C3)ncnc21. The van der Waals surface area contributed by atoms with Gasteiger partial charge in [0.1, 0.15) is 24.5 Å². The summed E-state index contributed by atoms with van der Waals surface area (Å²) >= 11 is 0. The van der Waals surface area contributed by atoms with Gasteiger partial charge in [-0.05, 0) is 30.4 Å². The molecule has 0 spiro atoms. The third kappa shape index (κ3) is 4.31. The van der Waals surface area contributed by atoms with Crippen molar-refractivity contribution in [1.29, 1.82) is 0 Å². The third-order valence-corrected chi connectivity index (χ3v) is 9.05. The molecule has 2 atom stereocenters. The van der Waals surface area contributed by atoms with Gasteiger partial charge in [0.05, 0.1) is 18.5 Å². The summed E-state index contributed by atoms with van der Waals surface area (Å²) in [5.41, 5.74) is -1.89. The van der Waals surface area contributed by atoms with Crippen molar-refractivity contribution >= 4 is 24.9 Å². The lowest BCUT2D eigenvalue weighted by Gasteiger charge is -2.24. The number of aromatic nitrogens is 3. The molecule has 5 heterocycles. The molecule has 3 aliphatic rings. The van der Waals surface area contributed by atoms with Gasteiger partial charge in [-0.25, -0.2) is 18.7 Å². The Hall–Kier alpha value is -1.62. The van der Waals surface area contributed by atoms with Gasteiger partial charge in [0, 0.05) is 47.2 Å². The Morgan fingerprint density at radius 2 is 1.85 bits per heavy atom. The van der Waals surface area contributed by atoms with E-state index in [9.17, 15) is 0 Å². The molecule has 10 heteroatoms. The van der Waals surface area contributed by atoms with Gasteiger partial charge in [-0.2, -0.15) is 0 Å². The molecular formula is C23H35F2N5O2Si. The average Bonchev–Trinajstić information content (AvgIpc) is 3.36. The molecular weight excluding hydrogens is 444 g/mol. The zero-order valence-electron chi connectivity index (χ0n) is 19.9. The zero-order chi connectivity index (χ0) is 23.3. The van der Waals surface area contributed by atoms with E-state index in [-0.39, 0.29) is 26.2 Å². The summed E-state index contributed by atoms with van der Waals surface area (Å²) in [6, 6.07) is 1.10. The number of alkyl halides is 2. The first-order valence-electron chi connectivity index (χ1n) is 12.0. The van der Waals surface area contributed by atoms with Crippen LogP contribution in [-0.4, -0.2) is 79.9 Å². The van der Waals surface area contributed by atoms with Crippen molar-refractivity contribution in [2.24, 2.45) is 0 Å². The second-order valence-electron chi connectivity index (χ2n) is 11.1. The van der Waals surface area contributed by atoms with Gasteiger partial charge >= 0.3 is 0 Å². The number of halogens is 2. The lowest BCUT2D eigenvalue weighted by atomic mass is 9.92. The van der Waals surface area contributed by atoms with Crippen LogP contribution in [0.25, 0.3) is 11.0 Å². The van der Waals surface area contributed by atoms with Crippen LogP contribution in [0.5, 0.6) is 0 Å². The topological polar surface area (TPSA) is 64.4 Å². The van der Waals surface area contributed by atoms with Gasteiger partial charge in [-0.3, -0.25) is 0 Å². The van der Waals surface area contributed by atoms with Crippen molar-refractivity contribution in [3.05, 3.63) is 18.1 Å². The minimum Gasteiger partial charge on any atom is -0.381 e. The fourth-order valence-corrected chi connectivity index (χ4v) is 6.07. The fraction of sp³-hybridized carbons (Fsp3) is 0.739. The fourth-order valence-electron chi connectivity index (χ4n) is 5.32. The van der Waals surface area contributed by atoms with Gasteiger partial charge in [0.2, 0.25) is 0 Å². The van der Waals surface area contributed by atoms with Crippen molar-refractivity contribution < 1.29 is 18.3 Å². The van der Waals surface area contributed by atoms with Crippen LogP contribution in [0.2, 0.25) is 25.7 Å². The standard InChI is InChI=1S/C23H35F2N5O2Si/c1-33(2,3)9-8-32-16-29-10-18(17-4-6-31-7-5-17)19-20(29)27-15-28-21(19)30-13-22(24)11-26-12-23(22,25)14-30/h10,15,17,26H,4-9,11-14,16H2,1-3H3/t22-,23+. The number of nitrogens with zero attached hydrogens (tertiary/aromatic N) is 4. The van der Waals surface area contributed by atoms with E-state index in [1.165, 1.54) is 6.33 Å². The maximum atomic E-state index is 15.4. The van der Waals surface area contributed by atoms with Crippen molar-refractivity contribution in [2.75, 3.05) is 50.9 Å². The maximum Gasteiger partial charge on any atom is 0.177 e. The number of fused-ring (bicyclic) bond motifs is 2. The molecule has 0 bridgehead atoms. The van der Waals surface area contributed by atoms with E-state index in [1.807, 2.05) is 4.57 Å². The molecule has 0 aliphatic carbocycles. The second kappa shape index (κ2) is 8.55. The van der Waals surface area contributed by atoms with Crippen LogP contribution < -0.4 is 10.2 Å². The predicted octanol–water partition coefficient (Wildman–Crippen LogP) is 3.48. The highest BCUT2D eigenvalue weighted by atomic mass is 28.3. The Bertz CT molecular complexity index is 991. The van der Waals surface area contributed by atoms with E-state index in [4.69, 9.17) is 9.47 Å². The monoisotopic (exact) mass is 479 g/mol. The molecule has 1 N–H and O–H groups in total. The number of anilines is 1. The summed E-state index contributed by atoms with van der Waals surface area (Å²) < 4.78 is 44.5.